The van der Waals surface area contributed by atoms with Crippen LogP contribution in [0.25, 0.3) is 10.2 Å². The highest BCUT2D eigenvalue weighted by molar-refractivity contribution is 7.18. The Hall–Kier alpha value is -1.20. The Balaban J connectivity index is 1.96. The predicted molar refractivity (Wildman–Crippen MR) is 85.7 cm³/mol. The minimum atomic E-state index is 0.443. The van der Waals surface area contributed by atoms with E-state index >= 15 is 0 Å². The molecule has 3 heterocycles. The van der Waals surface area contributed by atoms with E-state index in [1.807, 2.05) is 0 Å². The second-order valence-corrected chi connectivity index (χ2v) is 6.71. The third-order valence-electron chi connectivity index (χ3n) is 3.99. The van der Waals surface area contributed by atoms with Gasteiger partial charge in [-0.3, -0.25) is 0 Å². The van der Waals surface area contributed by atoms with Gasteiger partial charge in [0.1, 0.15) is 12.1 Å². The topological polar surface area (TPSA) is 41.0 Å². The third kappa shape index (κ3) is 2.52. The Morgan fingerprint density at radius 2 is 2.30 bits per heavy atom. The quantitative estimate of drug-likeness (QED) is 0.940. The van der Waals surface area contributed by atoms with E-state index in [4.69, 9.17) is 0 Å². The van der Waals surface area contributed by atoms with Gasteiger partial charge < -0.3 is 10.2 Å². The summed E-state index contributed by atoms with van der Waals surface area (Å²) in [6.45, 7) is 8.77. The van der Waals surface area contributed by atoms with Crippen molar-refractivity contribution >= 4 is 27.4 Å². The monoisotopic (exact) mass is 290 g/mol. The van der Waals surface area contributed by atoms with Crippen LogP contribution in [-0.2, 0) is 0 Å². The number of thiophene rings is 1. The average Bonchev–Trinajstić information content (AvgIpc) is 3.06. The number of hydrogen-bond acceptors (Lipinski definition) is 5. The van der Waals surface area contributed by atoms with Crippen molar-refractivity contribution in [3.05, 3.63) is 17.3 Å². The molecule has 3 rings (SSSR count). The summed E-state index contributed by atoms with van der Waals surface area (Å²) < 4.78 is 1.22. The molecule has 5 heteroatoms. The van der Waals surface area contributed by atoms with Crippen molar-refractivity contribution in [2.24, 2.45) is 0 Å². The fourth-order valence-corrected chi connectivity index (χ4v) is 3.86. The molecule has 1 saturated heterocycles. The van der Waals surface area contributed by atoms with Crippen molar-refractivity contribution in [2.45, 2.75) is 45.7 Å². The number of hydrogen-bond donors (Lipinski definition) is 1. The molecule has 0 aliphatic carbocycles. The van der Waals surface area contributed by atoms with Gasteiger partial charge in [-0.25, -0.2) is 9.97 Å². The smallest absolute Gasteiger partial charge is 0.150 e. The first kappa shape index (κ1) is 13.8. The summed E-state index contributed by atoms with van der Waals surface area (Å²) in [4.78, 5) is 11.4. The Labute approximate surface area is 124 Å². The molecule has 1 aliphatic heterocycles. The van der Waals surface area contributed by atoms with E-state index in [1.54, 1.807) is 17.7 Å². The number of nitrogens with zero attached hydrogens (tertiary/aromatic N) is 3. The zero-order valence-electron chi connectivity index (χ0n) is 12.4. The van der Waals surface area contributed by atoms with Crippen molar-refractivity contribution in [3.63, 3.8) is 0 Å². The molecule has 0 aromatic carbocycles. The SMILES string of the molecule is Cc1csc2c(N(CC3CCCN3)C(C)C)ncnc12. The Morgan fingerprint density at radius 1 is 1.45 bits per heavy atom. The zero-order chi connectivity index (χ0) is 14.1. The van der Waals surface area contributed by atoms with Crippen LogP contribution in [0.3, 0.4) is 0 Å². The highest BCUT2D eigenvalue weighted by atomic mass is 32.1. The highest BCUT2D eigenvalue weighted by Gasteiger charge is 2.23. The summed E-state index contributed by atoms with van der Waals surface area (Å²) in [6.07, 6.45) is 4.25. The maximum Gasteiger partial charge on any atom is 0.150 e. The molecule has 1 atom stereocenters. The summed E-state index contributed by atoms with van der Waals surface area (Å²) in [5.41, 5.74) is 2.35. The van der Waals surface area contributed by atoms with Crippen LogP contribution in [0.4, 0.5) is 5.82 Å². The van der Waals surface area contributed by atoms with Crippen LogP contribution < -0.4 is 10.2 Å². The molecule has 1 unspecified atom stereocenters. The van der Waals surface area contributed by atoms with Crippen LogP contribution >= 0.6 is 11.3 Å². The summed E-state index contributed by atoms with van der Waals surface area (Å²) in [5.74, 6) is 1.09. The number of nitrogens with one attached hydrogen (secondary N) is 1. The van der Waals surface area contributed by atoms with Crippen molar-refractivity contribution < 1.29 is 0 Å². The minimum absolute atomic E-state index is 0.443. The minimum Gasteiger partial charge on any atom is -0.351 e. The van der Waals surface area contributed by atoms with Crippen molar-refractivity contribution in [1.82, 2.24) is 15.3 Å². The standard InChI is InChI=1S/C15H22N4S/c1-10(2)19(7-12-5-4-6-16-12)15-14-13(17-9-18-15)11(3)8-20-14/h8-10,12,16H,4-7H2,1-3H3. The molecule has 0 radical (unpaired) electrons. The molecule has 2 aromatic heterocycles. The van der Waals surface area contributed by atoms with Gasteiger partial charge in [0.15, 0.2) is 0 Å². The molecule has 4 nitrogen and oxygen atoms in total. The Kier molecular flexibility index (Phi) is 3.89. The fourth-order valence-electron chi connectivity index (χ4n) is 2.85. The van der Waals surface area contributed by atoms with Crippen LogP contribution in [0, 0.1) is 6.92 Å². The van der Waals surface area contributed by atoms with E-state index in [0.29, 0.717) is 12.1 Å². The largest absolute Gasteiger partial charge is 0.351 e. The molecular formula is C15H22N4S. The van der Waals surface area contributed by atoms with E-state index in [1.165, 1.54) is 23.1 Å². The van der Waals surface area contributed by atoms with Gasteiger partial charge in [0, 0.05) is 18.6 Å². The molecule has 1 fully saturated rings. The Morgan fingerprint density at radius 3 is 3.00 bits per heavy atom. The lowest BCUT2D eigenvalue weighted by molar-refractivity contribution is 0.550. The third-order valence-corrected chi connectivity index (χ3v) is 5.07. The van der Waals surface area contributed by atoms with Crippen molar-refractivity contribution in [2.75, 3.05) is 18.0 Å². The van der Waals surface area contributed by atoms with E-state index in [9.17, 15) is 0 Å². The van der Waals surface area contributed by atoms with E-state index in [2.05, 4.69) is 46.3 Å². The molecule has 0 spiro atoms. The van der Waals surface area contributed by atoms with E-state index in [-0.39, 0.29) is 0 Å². The Bertz CT molecular complexity index is 587. The van der Waals surface area contributed by atoms with E-state index < -0.39 is 0 Å². The number of aryl methyl sites for hydroxylation is 1. The number of anilines is 1. The van der Waals surface area contributed by atoms with Crippen LogP contribution in [0.15, 0.2) is 11.7 Å². The van der Waals surface area contributed by atoms with Gasteiger partial charge in [0.2, 0.25) is 0 Å². The van der Waals surface area contributed by atoms with Crippen molar-refractivity contribution in [3.8, 4) is 0 Å². The van der Waals surface area contributed by atoms with Crippen LogP contribution in [0.5, 0.6) is 0 Å². The molecular weight excluding hydrogens is 268 g/mol. The maximum atomic E-state index is 4.58. The summed E-state index contributed by atoms with van der Waals surface area (Å²) in [5, 5.41) is 5.76. The summed E-state index contributed by atoms with van der Waals surface area (Å²) in [7, 11) is 0. The van der Waals surface area contributed by atoms with Crippen LogP contribution in [0.1, 0.15) is 32.3 Å². The predicted octanol–water partition coefficient (Wildman–Crippen LogP) is 2.97. The molecule has 0 saturated carbocycles. The molecule has 1 N–H and O–H groups in total. The summed E-state index contributed by atoms with van der Waals surface area (Å²) in [6, 6.07) is 1.03. The number of fused-ring (bicyclic) bond motifs is 1. The van der Waals surface area contributed by atoms with Gasteiger partial charge in [0.25, 0.3) is 0 Å². The first-order chi connectivity index (χ1) is 9.66. The van der Waals surface area contributed by atoms with Gasteiger partial charge >= 0.3 is 0 Å². The van der Waals surface area contributed by atoms with Crippen LogP contribution in [-0.4, -0.2) is 35.1 Å². The lowest BCUT2D eigenvalue weighted by Crippen LogP contribution is -2.41. The first-order valence-electron chi connectivity index (χ1n) is 7.35. The van der Waals surface area contributed by atoms with Gasteiger partial charge in [0.05, 0.1) is 10.2 Å². The van der Waals surface area contributed by atoms with E-state index in [0.717, 1.165) is 24.4 Å². The maximum absolute atomic E-state index is 4.58. The van der Waals surface area contributed by atoms with Gasteiger partial charge in [-0.2, -0.15) is 0 Å². The number of rotatable bonds is 4. The lowest BCUT2D eigenvalue weighted by Gasteiger charge is -2.30. The molecule has 108 valence electrons. The second kappa shape index (κ2) is 5.66. The fraction of sp³-hybridized carbons (Fsp3) is 0.600. The van der Waals surface area contributed by atoms with Gasteiger partial charge in [-0.05, 0) is 51.1 Å². The normalized spacial score (nSPS) is 19.1. The highest BCUT2D eigenvalue weighted by Crippen LogP contribution is 2.32. The molecule has 0 amide bonds. The molecule has 0 bridgehead atoms. The van der Waals surface area contributed by atoms with Gasteiger partial charge in [-0.1, -0.05) is 0 Å². The van der Waals surface area contributed by atoms with Gasteiger partial charge in [-0.15, -0.1) is 11.3 Å². The van der Waals surface area contributed by atoms with Crippen molar-refractivity contribution in [1.29, 1.82) is 0 Å². The zero-order valence-corrected chi connectivity index (χ0v) is 13.2. The average molecular weight is 290 g/mol. The lowest BCUT2D eigenvalue weighted by atomic mass is 10.2. The summed E-state index contributed by atoms with van der Waals surface area (Å²) >= 11 is 1.76. The number of aromatic nitrogens is 2. The molecule has 1 aliphatic rings. The first-order valence-corrected chi connectivity index (χ1v) is 8.23. The van der Waals surface area contributed by atoms with Crippen LogP contribution in [0.2, 0.25) is 0 Å². The molecule has 20 heavy (non-hydrogen) atoms. The molecule has 2 aromatic rings. The second-order valence-electron chi connectivity index (χ2n) is 5.83.